The maximum absolute atomic E-state index is 12.7. The Bertz CT molecular complexity index is 898. The van der Waals surface area contributed by atoms with Gasteiger partial charge in [-0.25, -0.2) is 8.99 Å². The predicted octanol–water partition coefficient (Wildman–Crippen LogP) is 4.29. The van der Waals surface area contributed by atoms with Crippen LogP contribution in [-0.2, 0) is 6.18 Å². The summed E-state index contributed by atoms with van der Waals surface area (Å²) in [6, 6.07) is 5.03. The number of rotatable bonds is 5. The van der Waals surface area contributed by atoms with Crippen LogP contribution in [0, 0.1) is 0 Å². The number of hydrogen-bond donors (Lipinski definition) is 1. The van der Waals surface area contributed by atoms with Crippen molar-refractivity contribution >= 4 is 35.1 Å². The van der Waals surface area contributed by atoms with Crippen molar-refractivity contribution in [2.75, 3.05) is 36.8 Å². The lowest BCUT2D eigenvalue weighted by atomic mass is 10.1. The summed E-state index contributed by atoms with van der Waals surface area (Å²) in [6.07, 6.45) is -1.36. The van der Waals surface area contributed by atoms with E-state index in [4.69, 9.17) is 11.6 Å². The molecule has 1 fully saturated rings. The summed E-state index contributed by atoms with van der Waals surface area (Å²) in [6.45, 7) is 1.42. The SMILES string of the molecule is CNc1cnn(C2CCN(SN(C)c3ccc(C(F)(F)F)cc3)CC2)c(=O)c1Cl. The third-order valence-electron chi connectivity index (χ3n) is 4.78. The summed E-state index contributed by atoms with van der Waals surface area (Å²) in [7, 11) is 3.48. The van der Waals surface area contributed by atoms with Crippen LogP contribution >= 0.6 is 23.7 Å². The van der Waals surface area contributed by atoms with E-state index in [0.29, 0.717) is 24.5 Å². The lowest BCUT2D eigenvalue weighted by molar-refractivity contribution is -0.137. The molecule has 3 rings (SSSR count). The van der Waals surface area contributed by atoms with E-state index >= 15 is 0 Å². The second-order valence-electron chi connectivity index (χ2n) is 6.66. The van der Waals surface area contributed by atoms with Gasteiger partial charge in [0.05, 0.1) is 23.5 Å². The molecule has 0 saturated carbocycles. The number of nitrogens with one attached hydrogen (secondary N) is 1. The van der Waals surface area contributed by atoms with Gasteiger partial charge in [-0.05, 0) is 37.1 Å². The molecule has 2 heterocycles. The standard InChI is InChI=1S/C18H21ClF3N5OS/c1-23-15-11-24-27(17(28)16(15)19)14-7-9-26(10-8-14)29-25(2)13-5-3-12(4-6-13)18(20,21)22/h3-6,11,14,23H,7-10H2,1-2H3. The van der Waals surface area contributed by atoms with Crippen molar-refractivity contribution in [3.8, 4) is 0 Å². The van der Waals surface area contributed by atoms with Crippen LogP contribution in [0.3, 0.4) is 0 Å². The Balaban J connectivity index is 1.59. The average Bonchev–Trinajstić information content (AvgIpc) is 2.70. The van der Waals surface area contributed by atoms with E-state index in [1.165, 1.54) is 28.9 Å². The molecule has 1 N–H and O–H groups in total. The largest absolute Gasteiger partial charge is 0.416 e. The Kier molecular flexibility index (Phi) is 6.65. The van der Waals surface area contributed by atoms with Crippen molar-refractivity contribution in [3.63, 3.8) is 0 Å². The summed E-state index contributed by atoms with van der Waals surface area (Å²) in [5, 5.41) is 7.19. The van der Waals surface area contributed by atoms with Crippen molar-refractivity contribution in [1.82, 2.24) is 14.1 Å². The molecule has 1 aliphatic heterocycles. The highest BCUT2D eigenvalue weighted by Gasteiger charge is 2.30. The van der Waals surface area contributed by atoms with Crippen LogP contribution in [0.15, 0.2) is 35.3 Å². The summed E-state index contributed by atoms with van der Waals surface area (Å²) >= 11 is 7.53. The highest BCUT2D eigenvalue weighted by Crippen LogP contribution is 2.33. The van der Waals surface area contributed by atoms with E-state index in [1.54, 1.807) is 13.2 Å². The van der Waals surface area contributed by atoms with E-state index in [2.05, 4.69) is 14.7 Å². The Morgan fingerprint density at radius 3 is 2.41 bits per heavy atom. The molecule has 1 aromatic carbocycles. The molecule has 6 nitrogen and oxygen atoms in total. The van der Waals surface area contributed by atoms with Crippen molar-refractivity contribution in [3.05, 3.63) is 51.4 Å². The topological polar surface area (TPSA) is 53.4 Å². The fraction of sp³-hybridized carbons (Fsp3) is 0.444. The minimum atomic E-state index is -4.34. The van der Waals surface area contributed by atoms with E-state index in [0.717, 1.165) is 25.0 Å². The zero-order valence-electron chi connectivity index (χ0n) is 15.9. The second kappa shape index (κ2) is 8.85. The number of hydrogen-bond acceptors (Lipinski definition) is 6. The van der Waals surface area contributed by atoms with Gasteiger partial charge in [0, 0.05) is 45.0 Å². The van der Waals surface area contributed by atoms with Crippen LogP contribution in [0.25, 0.3) is 0 Å². The fourth-order valence-electron chi connectivity index (χ4n) is 3.13. The maximum Gasteiger partial charge on any atom is 0.416 e. The van der Waals surface area contributed by atoms with E-state index < -0.39 is 11.7 Å². The molecule has 158 valence electrons. The number of nitrogens with zero attached hydrogens (tertiary/aromatic N) is 4. The summed E-state index contributed by atoms with van der Waals surface area (Å²) in [5.74, 6) is 0. The lowest BCUT2D eigenvalue weighted by Gasteiger charge is -2.33. The molecule has 1 aromatic heterocycles. The number of benzene rings is 1. The molecule has 0 spiro atoms. The lowest BCUT2D eigenvalue weighted by Crippen LogP contribution is -2.37. The Hall–Kier alpha value is -1.91. The van der Waals surface area contributed by atoms with Gasteiger partial charge in [0.25, 0.3) is 5.56 Å². The monoisotopic (exact) mass is 447 g/mol. The Morgan fingerprint density at radius 1 is 1.24 bits per heavy atom. The molecule has 0 amide bonds. The highest BCUT2D eigenvalue weighted by molar-refractivity contribution is 7.98. The first-order valence-corrected chi connectivity index (χ1v) is 10.1. The molecule has 11 heteroatoms. The van der Waals surface area contributed by atoms with Crippen molar-refractivity contribution in [1.29, 1.82) is 0 Å². The summed E-state index contributed by atoms with van der Waals surface area (Å²) < 4.78 is 43.5. The third-order valence-corrected chi connectivity index (χ3v) is 6.20. The minimum absolute atomic E-state index is 0.0425. The summed E-state index contributed by atoms with van der Waals surface area (Å²) in [5.41, 5.74) is 0.198. The number of aromatic nitrogens is 2. The zero-order chi connectivity index (χ0) is 21.2. The van der Waals surface area contributed by atoms with Crippen LogP contribution in [0.2, 0.25) is 5.02 Å². The van der Waals surface area contributed by atoms with Crippen LogP contribution < -0.4 is 15.2 Å². The molecule has 29 heavy (non-hydrogen) atoms. The van der Waals surface area contributed by atoms with Gasteiger partial charge < -0.3 is 9.62 Å². The van der Waals surface area contributed by atoms with Gasteiger partial charge in [-0.15, -0.1) is 0 Å². The van der Waals surface area contributed by atoms with Gasteiger partial charge in [-0.1, -0.05) is 11.6 Å². The highest BCUT2D eigenvalue weighted by atomic mass is 35.5. The predicted molar refractivity (Wildman–Crippen MR) is 110 cm³/mol. The van der Waals surface area contributed by atoms with Crippen LogP contribution in [0.1, 0.15) is 24.4 Å². The first-order chi connectivity index (χ1) is 13.7. The number of alkyl halides is 3. The van der Waals surface area contributed by atoms with Gasteiger partial charge in [-0.2, -0.15) is 18.3 Å². The van der Waals surface area contributed by atoms with Gasteiger partial charge in [0.15, 0.2) is 0 Å². The molecule has 0 bridgehead atoms. The van der Waals surface area contributed by atoms with Crippen molar-refractivity contribution < 1.29 is 13.2 Å². The molecule has 1 saturated heterocycles. The van der Waals surface area contributed by atoms with Gasteiger partial charge in [0.2, 0.25) is 0 Å². The van der Waals surface area contributed by atoms with E-state index in [1.807, 2.05) is 11.4 Å². The smallest absolute Gasteiger partial charge is 0.385 e. The van der Waals surface area contributed by atoms with Gasteiger partial charge in [-0.3, -0.25) is 4.79 Å². The maximum atomic E-state index is 12.7. The third kappa shape index (κ3) is 4.99. The van der Waals surface area contributed by atoms with Gasteiger partial charge >= 0.3 is 6.18 Å². The molecule has 0 aliphatic carbocycles. The first-order valence-electron chi connectivity index (χ1n) is 9.00. The fourth-order valence-corrected chi connectivity index (χ4v) is 4.29. The van der Waals surface area contributed by atoms with Crippen LogP contribution in [0.5, 0.6) is 0 Å². The van der Waals surface area contributed by atoms with Crippen LogP contribution in [0.4, 0.5) is 24.5 Å². The average molecular weight is 448 g/mol. The Labute approximate surface area is 175 Å². The van der Waals surface area contributed by atoms with Gasteiger partial charge in [0.1, 0.15) is 5.02 Å². The zero-order valence-corrected chi connectivity index (χ0v) is 17.5. The van der Waals surface area contributed by atoms with Crippen molar-refractivity contribution in [2.45, 2.75) is 25.1 Å². The van der Waals surface area contributed by atoms with Crippen LogP contribution in [-0.4, -0.2) is 41.3 Å². The molecule has 0 atom stereocenters. The number of piperidine rings is 1. The molecule has 2 aromatic rings. The second-order valence-corrected chi connectivity index (χ2v) is 8.26. The van der Waals surface area contributed by atoms with E-state index in [9.17, 15) is 18.0 Å². The molecular weight excluding hydrogens is 427 g/mol. The normalized spacial score (nSPS) is 16.1. The number of halogens is 4. The molecular formula is C18H21ClF3N5OS. The molecule has 1 aliphatic rings. The first kappa shape index (κ1) is 21.8. The quantitative estimate of drug-likeness (QED) is 0.690. The number of anilines is 2. The van der Waals surface area contributed by atoms with E-state index in [-0.39, 0.29) is 16.6 Å². The molecule has 0 unspecified atom stereocenters. The summed E-state index contributed by atoms with van der Waals surface area (Å²) in [4.78, 5) is 12.4. The minimum Gasteiger partial charge on any atom is -0.385 e. The molecule has 0 radical (unpaired) electrons. The Morgan fingerprint density at radius 2 is 1.86 bits per heavy atom. The van der Waals surface area contributed by atoms with Crippen molar-refractivity contribution in [2.24, 2.45) is 0 Å².